The molecule has 1 atom stereocenters. The second-order valence-electron chi connectivity index (χ2n) is 4.77. The van der Waals surface area contributed by atoms with Gasteiger partial charge in [-0.05, 0) is 25.0 Å². The van der Waals surface area contributed by atoms with Crippen molar-refractivity contribution in [1.29, 1.82) is 0 Å². The van der Waals surface area contributed by atoms with Crippen molar-refractivity contribution >= 4 is 23.8 Å². The third-order valence-corrected chi connectivity index (χ3v) is 4.45. The molecular weight excluding hydrogens is 240 g/mol. The fourth-order valence-corrected chi connectivity index (χ4v) is 2.27. The fraction of sp³-hybridized carbons (Fsp3) is 0.818. The lowest BCUT2D eigenvalue weighted by Crippen LogP contribution is -2.49. The van der Waals surface area contributed by atoms with Gasteiger partial charge in [-0.2, -0.15) is 11.8 Å². The Balaban J connectivity index is 2.35. The van der Waals surface area contributed by atoms with Crippen LogP contribution in [0, 0.1) is 5.92 Å². The summed E-state index contributed by atoms with van der Waals surface area (Å²) in [5.74, 6) is -1.13. The number of urea groups is 1. The molecule has 1 aliphatic carbocycles. The smallest absolute Gasteiger partial charge is 0.326 e. The van der Waals surface area contributed by atoms with Crippen molar-refractivity contribution in [3.8, 4) is 0 Å². The lowest BCUT2D eigenvalue weighted by molar-refractivity contribution is -0.140. The van der Waals surface area contributed by atoms with Gasteiger partial charge < -0.3 is 15.7 Å². The van der Waals surface area contributed by atoms with E-state index in [1.165, 1.54) is 0 Å². The molecule has 0 saturated heterocycles. The van der Waals surface area contributed by atoms with Gasteiger partial charge in [0.05, 0.1) is 0 Å². The minimum absolute atomic E-state index is 0.131. The van der Waals surface area contributed by atoms with E-state index in [1.807, 2.05) is 6.26 Å². The summed E-state index contributed by atoms with van der Waals surface area (Å²) in [5, 5.41) is 14.2. The Hall–Kier alpha value is -0.910. The average molecular weight is 260 g/mol. The maximum Gasteiger partial charge on any atom is 0.326 e. The lowest BCUT2D eigenvalue weighted by atomic mass is 10.1. The van der Waals surface area contributed by atoms with E-state index in [0.717, 1.165) is 12.8 Å². The Kier molecular flexibility index (Phi) is 4.68. The van der Waals surface area contributed by atoms with E-state index in [0.29, 0.717) is 6.54 Å². The number of aliphatic carboxylic acids is 1. The number of amides is 2. The quantitative estimate of drug-likeness (QED) is 0.672. The number of carbonyl (C=O) groups is 2. The van der Waals surface area contributed by atoms with Crippen LogP contribution < -0.4 is 10.6 Å². The van der Waals surface area contributed by atoms with Crippen LogP contribution in [-0.4, -0.2) is 40.7 Å². The molecule has 0 radical (unpaired) electrons. The van der Waals surface area contributed by atoms with Crippen molar-refractivity contribution in [3.05, 3.63) is 0 Å². The van der Waals surface area contributed by atoms with E-state index < -0.39 is 18.0 Å². The molecule has 0 spiro atoms. The predicted molar refractivity (Wildman–Crippen MR) is 68.3 cm³/mol. The molecule has 6 heteroatoms. The summed E-state index contributed by atoms with van der Waals surface area (Å²) in [6.07, 6.45) is 4.25. The Labute approximate surface area is 106 Å². The van der Waals surface area contributed by atoms with Gasteiger partial charge in [0.1, 0.15) is 6.04 Å². The third kappa shape index (κ3) is 4.11. The second kappa shape index (κ2) is 5.62. The number of hydrogen-bond donors (Lipinski definition) is 3. The summed E-state index contributed by atoms with van der Waals surface area (Å²) in [7, 11) is 0. The SMILES string of the molecule is CSC1(CNC(=O)NC(C(=O)O)C(C)C)CC1. The summed E-state index contributed by atoms with van der Waals surface area (Å²) >= 11 is 1.75. The molecule has 0 heterocycles. The van der Waals surface area contributed by atoms with E-state index in [1.54, 1.807) is 25.6 Å². The minimum atomic E-state index is -0.999. The monoisotopic (exact) mass is 260 g/mol. The highest BCUT2D eigenvalue weighted by Crippen LogP contribution is 2.46. The van der Waals surface area contributed by atoms with E-state index in [4.69, 9.17) is 5.11 Å². The van der Waals surface area contributed by atoms with Gasteiger partial charge in [0, 0.05) is 11.3 Å². The fourth-order valence-electron chi connectivity index (χ4n) is 1.54. The van der Waals surface area contributed by atoms with Crippen LogP contribution in [0.25, 0.3) is 0 Å². The number of carboxylic acid groups (broad SMARTS) is 1. The first kappa shape index (κ1) is 14.2. The summed E-state index contributed by atoms with van der Waals surface area (Å²) in [5.41, 5.74) is 0. The van der Waals surface area contributed by atoms with Crippen LogP contribution >= 0.6 is 11.8 Å². The van der Waals surface area contributed by atoms with Crippen molar-refractivity contribution in [2.45, 2.75) is 37.5 Å². The topological polar surface area (TPSA) is 78.4 Å². The largest absolute Gasteiger partial charge is 0.480 e. The first-order chi connectivity index (χ1) is 7.90. The molecule has 1 saturated carbocycles. The zero-order valence-electron chi connectivity index (χ0n) is 10.4. The van der Waals surface area contributed by atoms with Crippen LogP contribution in [0.3, 0.4) is 0 Å². The van der Waals surface area contributed by atoms with E-state index in [9.17, 15) is 9.59 Å². The number of hydrogen-bond acceptors (Lipinski definition) is 3. The van der Waals surface area contributed by atoms with Crippen molar-refractivity contribution < 1.29 is 14.7 Å². The predicted octanol–water partition coefficient (Wildman–Crippen LogP) is 1.29. The molecule has 1 unspecified atom stereocenters. The highest BCUT2D eigenvalue weighted by molar-refractivity contribution is 8.00. The molecule has 17 heavy (non-hydrogen) atoms. The van der Waals surface area contributed by atoms with Crippen LogP contribution in [-0.2, 0) is 4.79 Å². The number of thioether (sulfide) groups is 1. The minimum Gasteiger partial charge on any atom is -0.480 e. The Morgan fingerprint density at radius 3 is 2.35 bits per heavy atom. The van der Waals surface area contributed by atoms with Crippen LogP contribution in [0.4, 0.5) is 4.79 Å². The molecule has 2 amide bonds. The van der Waals surface area contributed by atoms with Gasteiger partial charge in [-0.25, -0.2) is 9.59 Å². The second-order valence-corrected chi connectivity index (χ2v) is 6.05. The highest BCUT2D eigenvalue weighted by Gasteiger charge is 2.42. The Morgan fingerprint density at radius 2 is 2.00 bits per heavy atom. The van der Waals surface area contributed by atoms with Crippen LogP contribution in [0.2, 0.25) is 0 Å². The molecule has 5 nitrogen and oxygen atoms in total. The summed E-state index contributed by atoms with van der Waals surface area (Å²) in [6, 6.07) is -1.23. The van der Waals surface area contributed by atoms with Crippen LogP contribution in [0.15, 0.2) is 0 Å². The summed E-state index contributed by atoms with van der Waals surface area (Å²) in [4.78, 5) is 22.5. The van der Waals surface area contributed by atoms with Crippen LogP contribution in [0.5, 0.6) is 0 Å². The number of carbonyl (C=O) groups excluding carboxylic acids is 1. The Morgan fingerprint density at radius 1 is 1.41 bits per heavy atom. The van der Waals surface area contributed by atoms with Crippen molar-refractivity contribution in [2.75, 3.05) is 12.8 Å². The van der Waals surface area contributed by atoms with Crippen molar-refractivity contribution in [1.82, 2.24) is 10.6 Å². The number of carboxylic acids is 1. The maximum absolute atomic E-state index is 11.6. The molecule has 3 N–H and O–H groups in total. The normalized spacial score (nSPS) is 18.6. The molecule has 1 fully saturated rings. The molecule has 1 aliphatic rings. The molecule has 1 rings (SSSR count). The zero-order chi connectivity index (χ0) is 13.1. The molecule has 0 aromatic carbocycles. The molecule has 0 aliphatic heterocycles. The zero-order valence-corrected chi connectivity index (χ0v) is 11.3. The van der Waals surface area contributed by atoms with E-state index in [-0.39, 0.29) is 10.7 Å². The van der Waals surface area contributed by atoms with E-state index >= 15 is 0 Å². The van der Waals surface area contributed by atoms with Gasteiger partial charge in [-0.3, -0.25) is 0 Å². The maximum atomic E-state index is 11.6. The van der Waals surface area contributed by atoms with Gasteiger partial charge >= 0.3 is 12.0 Å². The average Bonchev–Trinajstić information content (AvgIpc) is 3.03. The van der Waals surface area contributed by atoms with Gasteiger partial charge in [-0.1, -0.05) is 13.8 Å². The van der Waals surface area contributed by atoms with Gasteiger partial charge in [-0.15, -0.1) is 0 Å². The summed E-state index contributed by atoms with van der Waals surface area (Å²) in [6.45, 7) is 4.14. The Bertz CT molecular complexity index is 303. The molecular formula is C11H20N2O3S. The molecule has 0 bridgehead atoms. The molecule has 0 aromatic heterocycles. The standard InChI is InChI=1S/C11H20N2O3S/c1-7(2)8(9(14)15)13-10(16)12-6-11(17-3)4-5-11/h7-8H,4-6H2,1-3H3,(H,14,15)(H2,12,13,16). The first-order valence-electron chi connectivity index (χ1n) is 5.72. The lowest BCUT2D eigenvalue weighted by Gasteiger charge is -2.19. The molecule has 98 valence electrons. The van der Waals surface area contributed by atoms with Gasteiger partial charge in [0.15, 0.2) is 0 Å². The molecule has 0 aromatic rings. The van der Waals surface area contributed by atoms with E-state index in [2.05, 4.69) is 10.6 Å². The highest BCUT2D eigenvalue weighted by atomic mass is 32.2. The van der Waals surface area contributed by atoms with Crippen LogP contribution in [0.1, 0.15) is 26.7 Å². The third-order valence-electron chi connectivity index (χ3n) is 3.03. The van der Waals surface area contributed by atoms with Gasteiger partial charge in [0.25, 0.3) is 0 Å². The number of nitrogens with one attached hydrogen (secondary N) is 2. The number of rotatable bonds is 6. The first-order valence-corrected chi connectivity index (χ1v) is 6.95. The van der Waals surface area contributed by atoms with Crippen molar-refractivity contribution in [3.63, 3.8) is 0 Å². The van der Waals surface area contributed by atoms with Crippen molar-refractivity contribution in [2.24, 2.45) is 5.92 Å². The summed E-state index contributed by atoms with van der Waals surface area (Å²) < 4.78 is 0.188. The van der Waals surface area contributed by atoms with Gasteiger partial charge in [0.2, 0.25) is 0 Å².